The molecule has 1 aromatic heterocycles. The monoisotopic (exact) mass is 245 g/mol. The second-order valence-electron chi connectivity index (χ2n) is 4.66. The van der Waals surface area contributed by atoms with Crippen LogP contribution in [-0.2, 0) is 4.79 Å². The van der Waals surface area contributed by atoms with Crippen LogP contribution in [0, 0.1) is 31.1 Å². The summed E-state index contributed by atoms with van der Waals surface area (Å²) in [5.41, 5.74) is 1.57. The van der Waals surface area contributed by atoms with Gasteiger partial charge in [0.15, 0.2) is 17.5 Å². The van der Waals surface area contributed by atoms with Crippen LogP contribution in [0.4, 0.5) is 0 Å². The van der Waals surface area contributed by atoms with Gasteiger partial charge < -0.3 is 0 Å². The largest absolute Gasteiger partial charge is 0.297 e. The van der Waals surface area contributed by atoms with Gasteiger partial charge in [-0.15, -0.1) is 0 Å². The lowest BCUT2D eigenvalue weighted by molar-refractivity contribution is -0.123. The molecule has 18 heavy (non-hydrogen) atoms. The lowest BCUT2D eigenvalue weighted by Gasteiger charge is -2.13. The highest BCUT2D eigenvalue weighted by atomic mass is 16.1. The number of nitrogens with zero attached hydrogens (tertiary/aromatic N) is 3. The standard InChI is InChI=1S/C14H19N3O/c1-5-6-9(2)13(18)12(8-15)14-16-10(3)7-11(4)17-14/h7,9,12H,5-6H2,1-4H3/t9-,12-/m0/s1. The van der Waals surface area contributed by atoms with Gasteiger partial charge in [0.2, 0.25) is 0 Å². The molecule has 0 aliphatic heterocycles. The van der Waals surface area contributed by atoms with Crippen LogP contribution in [0.2, 0.25) is 0 Å². The van der Waals surface area contributed by atoms with E-state index in [-0.39, 0.29) is 11.7 Å². The van der Waals surface area contributed by atoms with E-state index in [1.165, 1.54) is 0 Å². The van der Waals surface area contributed by atoms with E-state index < -0.39 is 5.92 Å². The van der Waals surface area contributed by atoms with Gasteiger partial charge in [0.1, 0.15) is 0 Å². The molecule has 1 aromatic rings. The predicted molar refractivity (Wildman–Crippen MR) is 68.9 cm³/mol. The Morgan fingerprint density at radius 3 is 2.39 bits per heavy atom. The van der Waals surface area contributed by atoms with Crippen LogP contribution >= 0.6 is 0 Å². The summed E-state index contributed by atoms with van der Waals surface area (Å²) >= 11 is 0. The normalized spacial score (nSPS) is 13.7. The summed E-state index contributed by atoms with van der Waals surface area (Å²) in [4.78, 5) is 20.6. The maximum absolute atomic E-state index is 12.2. The van der Waals surface area contributed by atoms with Crippen molar-refractivity contribution in [2.75, 3.05) is 0 Å². The maximum atomic E-state index is 12.2. The molecule has 0 aliphatic rings. The van der Waals surface area contributed by atoms with Gasteiger partial charge in [-0.05, 0) is 26.3 Å². The minimum absolute atomic E-state index is 0.0793. The number of nitriles is 1. The minimum atomic E-state index is -0.842. The molecule has 0 unspecified atom stereocenters. The average Bonchev–Trinajstić information content (AvgIpc) is 2.28. The first-order chi connectivity index (χ1) is 8.49. The summed E-state index contributed by atoms with van der Waals surface area (Å²) < 4.78 is 0. The fourth-order valence-corrected chi connectivity index (χ4v) is 1.99. The summed E-state index contributed by atoms with van der Waals surface area (Å²) in [7, 11) is 0. The zero-order valence-electron chi connectivity index (χ0n) is 11.4. The van der Waals surface area contributed by atoms with E-state index in [2.05, 4.69) is 9.97 Å². The summed E-state index contributed by atoms with van der Waals surface area (Å²) in [6, 6.07) is 3.87. The van der Waals surface area contributed by atoms with Gasteiger partial charge in [-0.2, -0.15) is 5.26 Å². The van der Waals surface area contributed by atoms with Gasteiger partial charge in [-0.25, -0.2) is 9.97 Å². The van der Waals surface area contributed by atoms with E-state index >= 15 is 0 Å². The number of ketones is 1. The zero-order chi connectivity index (χ0) is 13.7. The molecule has 96 valence electrons. The topological polar surface area (TPSA) is 66.6 Å². The molecule has 0 saturated heterocycles. The Kier molecular flexibility index (Phi) is 4.96. The second kappa shape index (κ2) is 6.25. The van der Waals surface area contributed by atoms with Crippen LogP contribution in [0.5, 0.6) is 0 Å². The molecule has 4 nitrogen and oxygen atoms in total. The van der Waals surface area contributed by atoms with Crippen LogP contribution in [0.3, 0.4) is 0 Å². The van der Waals surface area contributed by atoms with Crippen molar-refractivity contribution in [2.24, 2.45) is 5.92 Å². The Labute approximate surface area is 108 Å². The highest BCUT2D eigenvalue weighted by Gasteiger charge is 2.27. The van der Waals surface area contributed by atoms with Crippen molar-refractivity contribution in [1.29, 1.82) is 5.26 Å². The van der Waals surface area contributed by atoms with E-state index in [1.54, 1.807) is 0 Å². The minimum Gasteiger partial charge on any atom is -0.297 e. The summed E-state index contributed by atoms with van der Waals surface area (Å²) in [5.74, 6) is -0.707. The molecule has 0 spiro atoms. The number of Topliss-reactive ketones (excluding diaryl/α,β-unsaturated/α-hetero) is 1. The van der Waals surface area contributed by atoms with E-state index in [0.29, 0.717) is 5.82 Å². The third-order valence-electron chi connectivity index (χ3n) is 2.88. The molecule has 0 saturated carbocycles. The molecule has 0 aromatic carbocycles. The first-order valence-corrected chi connectivity index (χ1v) is 6.25. The van der Waals surface area contributed by atoms with Crippen molar-refractivity contribution in [3.63, 3.8) is 0 Å². The van der Waals surface area contributed by atoms with Crippen LogP contribution in [0.1, 0.15) is 49.8 Å². The highest BCUT2D eigenvalue weighted by Crippen LogP contribution is 2.20. The van der Waals surface area contributed by atoms with Crippen molar-refractivity contribution < 1.29 is 4.79 Å². The lowest BCUT2D eigenvalue weighted by atomic mass is 9.91. The fraction of sp³-hybridized carbons (Fsp3) is 0.571. The van der Waals surface area contributed by atoms with Gasteiger partial charge >= 0.3 is 0 Å². The molecule has 1 rings (SSSR count). The summed E-state index contributed by atoms with van der Waals surface area (Å²) in [6.45, 7) is 7.57. The first kappa shape index (κ1) is 14.3. The molecular formula is C14H19N3O. The van der Waals surface area contributed by atoms with E-state index in [9.17, 15) is 10.1 Å². The molecule has 0 radical (unpaired) electrons. The average molecular weight is 245 g/mol. The Morgan fingerprint density at radius 2 is 1.94 bits per heavy atom. The predicted octanol–water partition coefficient (Wildman–Crippen LogP) is 2.71. The molecule has 0 bridgehead atoms. The smallest absolute Gasteiger partial charge is 0.164 e. The number of aromatic nitrogens is 2. The molecule has 0 aliphatic carbocycles. The van der Waals surface area contributed by atoms with Gasteiger partial charge in [-0.3, -0.25) is 4.79 Å². The molecule has 0 fully saturated rings. The molecule has 1 heterocycles. The van der Waals surface area contributed by atoms with Crippen LogP contribution < -0.4 is 0 Å². The number of hydrogen-bond donors (Lipinski definition) is 0. The maximum Gasteiger partial charge on any atom is 0.164 e. The number of carbonyl (C=O) groups excluding carboxylic acids is 1. The number of aryl methyl sites for hydroxylation is 2. The molecular weight excluding hydrogens is 226 g/mol. The van der Waals surface area contributed by atoms with Crippen LogP contribution in [0.25, 0.3) is 0 Å². The molecule has 0 amide bonds. The summed E-state index contributed by atoms with van der Waals surface area (Å²) in [5, 5.41) is 9.20. The van der Waals surface area contributed by atoms with Crippen LogP contribution in [-0.4, -0.2) is 15.8 Å². The van der Waals surface area contributed by atoms with Gasteiger partial charge in [0.25, 0.3) is 0 Å². The van der Waals surface area contributed by atoms with E-state index in [1.807, 2.05) is 39.8 Å². The van der Waals surface area contributed by atoms with Crippen molar-refractivity contribution in [1.82, 2.24) is 9.97 Å². The van der Waals surface area contributed by atoms with Crippen molar-refractivity contribution >= 4 is 5.78 Å². The second-order valence-corrected chi connectivity index (χ2v) is 4.66. The van der Waals surface area contributed by atoms with Crippen LogP contribution in [0.15, 0.2) is 6.07 Å². The first-order valence-electron chi connectivity index (χ1n) is 6.25. The summed E-state index contributed by atoms with van der Waals surface area (Å²) in [6.07, 6.45) is 1.72. The molecule has 0 N–H and O–H groups in total. The fourth-order valence-electron chi connectivity index (χ4n) is 1.99. The quantitative estimate of drug-likeness (QED) is 0.800. The zero-order valence-corrected chi connectivity index (χ0v) is 11.4. The van der Waals surface area contributed by atoms with Crippen molar-refractivity contribution in [2.45, 2.75) is 46.5 Å². The molecule has 4 heteroatoms. The number of hydrogen-bond acceptors (Lipinski definition) is 4. The Balaban J connectivity index is 3.03. The Morgan fingerprint density at radius 1 is 1.39 bits per heavy atom. The Hall–Kier alpha value is -1.76. The third kappa shape index (κ3) is 3.36. The van der Waals surface area contributed by atoms with E-state index in [4.69, 9.17) is 0 Å². The number of rotatable bonds is 5. The third-order valence-corrected chi connectivity index (χ3v) is 2.88. The lowest BCUT2D eigenvalue weighted by Crippen LogP contribution is -2.21. The highest BCUT2D eigenvalue weighted by molar-refractivity contribution is 5.89. The van der Waals surface area contributed by atoms with Crippen molar-refractivity contribution in [3.05, 3.63) is 23.3 Å². The molecule has 2 atom stereocenters. The van der Waals surface area contributed by atoms with Gasteiger partial charge in [0, 0.05) is 17.3 Å². The van der Waals surface area contributed by atoms with Crippen molar-refractivity contribution in [3.8, 4) is 6.07 Å². The Bertz CT molecular complexity index is 456. The number of carbonyl (C=O) groups is 1. The van der Waals surface area contributed by atoms with Gasteiger partial charge in [-0.1, -0.05) is 20.3 Å². The van der Waals surface area contributed by atoms with E-state index in [0.717, 1.165) is 24.2 Å². The SMILES string of the molecule is CCC[C@H](C)C(=O)[C@H](C#N)c1nc(C)cc(C)n1. The van der Waals surface area contributed by atoms with Gasteiger partial charge in [0.05, 0.1) is 6.07 Å².